The first-order valence-electron chi connectivity index (χ1n) is 7.25. The molecule has 0 radical (unpaired) electrons. The minimum atomic E-state index is 0.404. The molecule has 21 heavy (non-hydrogen) atoms. The van der Waals surface area contributed by atoms with Gasteiger partial charge in [-0.15, -0.1) is 0 Å². The average Bonchev–Trinajstić information content (AvgIpc) is 2.49. The van der Waals surface area contributed by atoms with Gasteiger partial charge in [-0.1, -0.05) is 30.7 Å². The third-order valence-corrected chi connectivity index (χ3v) is 3.52. The summed E-state index contributed by atoms with van der Waals surface area (Å²) in [4.78, 5) is 8.69. The normalized spacial score (nSPS) is 12.0. The SMILES string of the molecule is CCC(C)Nc1ccnc(NCCc2ccc(Cl)cc2)n1. The zero-order valence-corrected chi connectivity index (χ0v) is 13.2. The van der Waals surface area contributed by atoms with Gasteiger partial charge in [0.25, 0.3) is 0 Å². The van der Waals surface area contributed by atoms with E-state index >= 15 is 0 Å². The van der Waals surface area contributed by atoms with Crippen LogP contribution in [-0.2, 0) is 6.42 Å². The van der Waals surface area contributed by atoms with E-state index in [2.05, 4.69) is 34.4 Å². The minimum absolute atomic E-state index is 0.404. The fraction of sp³-hybridized carbons (Fsp3) is 0.375. The third-order valence-electron chi connectivity index (χ3n) is 3.27. The maximum atomic E-state index is 5.87. The highest BCUT2D eigenvalue weighted by Crippen LogP contribution is 2.11. The molecule has 0 saturated carbocycles. The highest BCUT2D eigenvalue weighted by atomic mass is 35.5. The van der Waals surface area contributed by atoms with Gasteiger partial charge in [0, 0.05) is 23.8 Å². The molecule has 1 aromatic carbocycles. The number of anilines is 2. The van der Waals surface area contributed by atoms with Gasteiger partial charge in [-0.3, -0.25) is 0 Å². The Hall–Kier alpha value is -1.81. The summed E-state index contributed by atoms with van der Waals surface area (Å²) in [5.74, 6) is 1.51. The van der Waals surface area contributed by atoms with E-state index in [1.807, 2.05) is 30.3 Å². The van der Waals surface area contributed by atoms with Crippen molar-refractivity contribution in [1.82, 2.24) is 9.97 Å². The van der Waals surface area contributed by atoms with Crippen molar-refractivity contribution < 1.29 is 0 Å². The molecule has 2 aromatic rings. The molecular weight excluding hydrogens is 284 g/mol. The Labute approximate surface area is 131 Å². The maximum absolute atomic E-state index is 5.87. The van der Waals surface area contributed by atoms with Crippen molar-refractivity contribution in [2.24, 2.45) is 0 Å². The van der Waals surface area contributed by atoms with Crippen LogP contribution in [0, 0.1) is 0 Å². The van der Waals surface area contributed by atoms with Crippen LogP contribution in [0.3, 0.4) is 0 Å². The molecule has 1 heterocycles. The Morgan fingerprint density at radius 2 is 1.95 bits per heavy atom. The van der Waals surface area contributed by atoms with E-state index in [0.29, 0.717) is 12.0 Å². The number of hydrogen-bond acceptors (Lipinski definition) is 4. The van der Waals surface area contributed by atoms with E-state index in [9.17, 15) is 0 Å². The lowest BCUT2D eigenvalue weighted by Gasteiger charge is -2.12. The van der Waals surface area contributed by atoms with Crippen LogP contribution in [0.5, 0.6) is 0 Å². The topological polar surface area (TPSA) is 49.8 Å². The molecule has 0 spiro atoms. The predicted molar refractivity (Wildman–Crippen MR) is 89.1 cm³/mol. The summed E-state index contributed by atoms with van der Waals surface area (Å²) in [7, 11) is 0. The van der Waals surface area contributed by atoms with Crippen molar-refractivity contribution in [2.45, 2.75) is 32.7 Å². The summed E-state index contributed by atoms with van der Waals surface area (Å²) >= 11 is 5.87. The summed E-state index contributed by atoms with van der Waals surface area (Å²) in [6.45, 7) is 5.06. The molecule has 0 aliphatic heterocycles. The molecule has 4 nitrogen and oxygen atoms in total. The largest absolute Gasteiger partial charge is 0.367 e. The highest BCUT2D eigenvalue weighted by Gasteiger charge is 2.02. The fourth-order valence-corrected chi connectivity index (χ4v) is 1.97. The molecule has 0 aliphatic rings. The second-order valence-electron chi connectivity index (χ2n) is 5.02. The van der Waals surface area contributed by atoms with E-state index in [-0.39, 0.29) is 0 Å². The fourth-order valence-electron chi connectivity index (χ4n) is 1.85. The summed E-state index contributed by atoms with van der Waals surface area (Å²) in [5.41, 5.74) is 1.24. The molecule has 2 N–H and O–H groups in total. The predicted octanol–water partition coefficient (Wildman–Crippen LogP) is 4.00. The van der Waals surface area contributed by atoms with Crippen LogP contribution in [0.25, 0.3) is 0 Å². The number of nitrogens with one attached hydrogen (secondary N) is 2. The zero-order valence-electron chi connectivity index (χ0n) is 12.4. The minimum Gasteiger partial charge on any atom is -0.367 e. The molecule has 1 aromatic heterocycles. The van der Waals surface area contributed by atoms with Gasteiger partial charge in [-0.05, 0) is 43.5 Å². The Bertz CT molecular complexity index is 556. The molecule has 1 unspecified atom stereocenters. The molecular formula is C16H21ClN4. The summed E-state index contributed by atoms with van der Waals surface area (Å²) in [5, 5.41) is 7.35. The van der Waals surface area contributed by atoms with Gasteiger partial charge in [-0.2, -0.15) is 4.98 Å². The third kappa shape index (κ3) is 5.23. The smallest absolute Gasteiger partial charge is 0.224 e. The van der Waals surface area contributed by atoms with Crippen LogP contribution in [0.15, 0.2) is 36.5 Å². The average molecular weight is 305 g/mol. The van der Waals surface area contributed by atoms with Crippen molar-refractivity contribution >= 4 is 23.4 Å². The molecule has 0 amide bonds. The molecule has 2 rings (SSSR count). The van der Waals surface area contributed by atoms with Crippen molar-refractivity contribution in [3.63, 3.8) is 0 Å². The van der Waals surface area contributed by atoms with E-state index in [1.165, 1.54) is 5.56 Å². The van der Waals surface area contributed by atoms with Gasteiger partial charge in [0.05, 0.1) is 0 Å². The second kappa shape index (κ2) is 7.84. The lowest BCUT2D eigenvalue weighted by atomic mass is 10.1. The standard InChI is InChI=1S/C16H21ClN4/c1-3-12(2)20-15-9-11-19-16(21-15)18-10-8-13-4-6-14(17)7-5-13/h4-7,9,11-12H,3,8,10H2,1-2H3,(H2,18,19,20,21). The summed E-state index contributed by atoms with van der Waals surface area (Å²) in [6, 6.07) is 10.2. The number of rotatable bonds is 7. The summed E-state index contributed by atoms with van der Waals surface area (Å²) in [6.07, 6.45) is 3.73. The molecule has 0 bridgehead atoms. The Morgan fingerprint density at radius 1 is 1.19 bits per heavy atom. The highest BCUT2D eigenvalue weighted by molar-refractivity contribution is 6.30. The zero-order chi connectivity index (χ0) is 15.1. The molecule has 0 aliphatic carbocycles. The first-order chi connectivity index (χ1) is 10.2. The van der Waals surface area contributed by atoms with E-state index < -0.39 is 0 Å². The number of aromatic nitrogens is 2. The number of nitrogens with zero attached hydrogens (tertiary/aromatic N) is 2. The Balaban J connectivity index is 1.85. The van der Waals surface area contributed by atoms with Gasteiger partial charge in [0.2, 0.25) is 5.95 Å². The molecule has 112 valence electrons. The van der Waals surface area contributed by atoms with Crippen LogP contribution in [-0.4, -0.2) is 22.6 Å². The molecule has 0 saturated heterocycles. The number of hydrogen-bond donors (Lipinski definition) is 2. The molecule has 0 fully saturated rings. The molecule has 1 atom stereocenters. The van der Waals surface area contributed by atoms with Gasteiger partial charge >= 0.3 is 0 Å². The van der Waals surface area contributed by atoms with Gasteiger partial charge in [0.1, 0.15) is 5.82 Å². The Morgan fingerprint density at radius 3 is 2.67 bits per heavy atom. The van der Waals surface area contributed by atoms with E-state index in [4.69, 9.17) is 11.6 Å². The Kier molecular flexibility index (Phi) is 5.81. The maximum Gasteiger partial charge on any atom is 0.224 e. The molecule has 5 heteroatoms. The number of benzene rings is 1. The van der Waals surface area contributed by atoms with E-state index in [1.54, 1.807) is 6.20 Å². The first kappa shape index (κ1) is 15.6. The first-order valence-corrected chi connectivity index (χ1v) is 7.63. The quantitative estimate of drug-likeness (QED) is 0.812. The van der Waals surface area contributed by atoms with Gasteiger partial charge < -0.3 is 10.6 Å². The van der Waals surface area contributed by atoms with Crippen molar-refractivity contribution in [3.05, 3.63) is 47.1 Å². The van der Waals surface area contributed by atoms with Gasteiger partial charge in [-0.25, -0.2) is 4.98 Å². The van der Waals surface area contributed by atoms with Crippen LogP contribution >= 0.6 is 11.6 Å². The van der Waals surface area contributed by atoms with Crippen molar-refractivity contribution in [1.29, 1.82) is 0 Å². The second-order valence-corrected chi connectivity index (χ2v) is 5.46. The lowest BCUT2D eigenvalue weighted by molar-refractivity contribution is 0.758. The van der Waals surface area contributed by atoms with Crippen LogP contribution in [0.2, 0.25) is 5.02 Å². The summed E-state index contributed by atoms with van der Waals surface area (Å²) < 4.78 is 0. The van der Waals surface area contributed by atoms with Crippen LogP contribution in [0.1, 0.15) is 25.8 Å². The van der Waals surface area contributed by atoms with E-state index in [0.717, 1.165) is 30.2 Å². The van der Waals surface area contributed by atoms with Crippen molar-refractivity contribution in [3.8, 4) is 0 Å². The lowest BCUT2D eigenvalue weighted by Crippen LogP contribution is -2.15. The van der Waals surface area contributed by atoms with Crippen molar-refractivity contribution in [2.75, 3.05) is 17.2 Å². The number of halogens is 1. The van der Waals surface area contributed by atoms with Crippen LogP contribution in [0.4, 0.5) is 11.8 Å². The monoisotopic (exact) mass is 304 g/mol. The van der Waals surface area contributed by atoms with Crippen LogP contribution < -0.4 is 10.6 Å². The van der Waals surface area contributed by atoms with Gasteiger partial charge in [0.15, 0.2) is 0 Å².